The Kier molecular flexibility index (Phi) is 3.51. The summed E-state index contributed by atoms with van der Waals surface area (Å²) in [5.74, 6) is 0. The maximum atomic E-state index is 14.7. The third-order valence-corrected chi connectivity index (χ3v) is 3.90. The second kappa shape index (κ2) is 5.09. The zero-order valence-corrected chi connectivity index (χ0v) is 11.8. The third-order valence-electron chi connectivity index (χ3n) is 3.90. The minimum atomic E-state index is -6.15. The van der Waals surface area contributed by atoms with Gasteiger partial charge in [0.05, 0.1) is 0 Å². The second-order valence-electron chi connectivity index (χ2n) is 5.35. The van der Waals surface area contributed by atoms with Gasteiger partial charge in [0.15, 0.2) is 0 Å². The van der Waals surface area contributed by atoms with Gasteiger partial charge in [-0.1, -0.05) is 48.5 Å². The molecule has 0 nitrogen and oxygen atoms in total. The summed E-state index contributed by atoms with van der Waals surface area (Å²) < 4.78 is 94.2. The lowest BCUT2D eigenvalue weighted by atomic mass is 9.85. The Morgan fingerprint density at radius 3 is 1.29 bits per heavy atom. The van der Waals surface area contributed by atoms with E-state index in [2.05, 4.69) is 0 Å². The van der Waals surface area contributed by atoms with E-state index >= 15 is 0 Å². The lowest BCUT2D eigenvalue weighted by Gasteiger charge is -2.32. The Bertz CT molecular complexity index is 838. The van der Waals surface area contributed by atoms with Crippen molar-refractivity contribution in [2.75, 3.05) is 0 Å². The molecule has 0 amide bonds. The Morgan fingerprint density at radius 2 is 0.917 bits per heavy atom. The average Bonchev–Trinajstić information content (AvgIpc) is 2.49. The summed E-state index contributed by atoms with van der Waals surface area (Å²) in [6.45, 7) is 0. The first kappa shape index (κ1) is 16.5. The maximum Gasteiger partial charge on any atom is 0.435 e. The molecule has 0 N–H and O–H groups in total. The zero-order valence-electron chi connectivity index (χ0n) is 11.8. The SMILES string of the molecule is FC(F)(F)C(F)(c1c2ccccc2cc2ccccc12)C(F)(F)F. The molecule has 0 fully saturated rings. The minimum Gasteiger partial charge on any atom is -0.218 e. The second-order valence-corrected chi connectivity index (χ2v) is 5.35. The van der Waals surface area contributed by atoms with E-state index in [1.165, 1.54) is 42.5 Å². The first-order chi connectivity index (χ1) is 11.1. The molecule has 0 saturated carbocycles. The van der Waals surface area contributed by atoms with Gasteiger partial charge in [-0.3, -0.25) is 0 Å². The minimum absolute atomic E-state index is 0.0988. The molecule has 0 aliphatic heterocycles. The lowest BCUT2D eigenvalue weighted by molar-refractivity contribution is -0.347. The molecule has 3 aromatic rings. The molecule has 0 bridgehead atoms. The van der Waals surface area contributed by atoms with Gasteiger partial charge >= 0.3 is 18.0 Å². The van der Waals surface area contributed by atoms with E-state index in [1.54, 1.807) is 0 Å². The van der Waals surface area contributed by atoms with Crippen LogP contribution in [0.3, 0.4) is 0 Å². The van der Waals surface area contributed by atoms with Gasteiger partial charge < -0.3 is 0 Å². The number of alkyl halides is 7. The summed E-state index contributed by atoms with van der Waals surface area (Å²) in [6.07, 6.45) is -12.3. The van der Waals surface area contributed by atoms with Crippen LogP contribution in [0.1, 0.15) is 5.56 Å². The molecule has 3 aromatic carbocycles. The molecule has 3 rings (SSSR count). The van der Waals surface area contributed by atoms with Gasteiger partial charge in [-0.25, -0.2) is 4.39 Å². The van der Waals surface area contributed by atoms with Crippen LogP contribution in [0.4, 0.5) is 30.7 Å². The van der Waals surface area contributed by atoms with Crippen LogP contribution in [0.25, 0.3) is 21.5 Å². The highest BCUT2D eigenvalue weighted by Gasteiger charge is 2.74. The van der Waals surface area contributed by atoms with Crippen LogP contribution < -0.4 is 0 Å². The van der Waals surface area contributed by atoms with E-state index in [0.29, 0.717) is 0 Å². The van der Waals surface area contributed by atoms with Crippen molar-refractivity contribution < 1.29 is 30.7 Å². The van der Waals surface area contributed by atoms with Crippen molar-refractivity contribution in [1.82, 2.24) is 0 Å². The van der Waals surface area contributed by atoms with E-state index in [9.17, 15) is 30.7 Å². The fourth-order valence-corrected chi connectivity index (χ4v) is 2.83. The van der Waals surface area contributed by atoms with E-state index in [1.807, 2.05) is 0 Å². The van der Waals surface area contributed by atoms with Crippen LogP contribution in [0.5, 0.6) is 0 Å². The van der Waals surface area contributed by atoms with Crippen molar-refractivity contribution in [3.8, 4) is 0 Å². The molecule has 0 radical (unpaired) electrons. The maximum absolute atomic E-state index is 14.7. The number of fused-ring (bicyclic) bond motifs is 2. The fraction of sp³-hybridized carbons (Fsp3) is 0.176. The van der Waals surface area contributed by atoms with Gasteiger partial charge in [0, 0.05) is 5.56 Å². The highest BCUT2D eigenvalue weighted by Crippen LogP contribution is 2.56. The number of rotatable bonds is 1. The van der Waals surface area contributed by atoms with Crippen LogP contribution in [-0.4, -0.2) is 12.4 Å². The lowest BCUT2D eigenvalue weighted by Crippen LogP contribution is -2.50. The Balaban J connectivity index is 2.58. The normalized spacial score (nSPS) is 13.6. The smallest absolute Gasteiger partial charge is 0.218 e. The van der Waals surface area contributed by atoms with Gasteiger partial charge in [0.25, 0.3) is 0 Å². The highest BCUT2D eigenvalue weighted by molar-refractivity contribution is 6.03. The van der Waals surface area contributed by atoms with Crippen molar-refractivity contribution in [3.05, 3.63) is 60.2 Å². The van der Waals surface area contributed by atoms with Crippen LogP contribution in [0.2, 0.25) is 0 Å². The quantitative estimate of drug-likeness (QED) is 0.359. The highest BCUT2D eigenvalue weighted by atomic mass is 19.4. The van der Waals surface area contributed by atoms with E-state index in [-0.39, 0.29) is 10.8 Å². The summed E-state index contributed by atoms with van der Waals surface area (Å²) in [6, 6.07) is 11.7. The standard InChI is InChI=1S/C17H9F7/c18-15(16(19,20)21,17(22,23)24)14-12-7-3-1-5-10(12)9-11-6-2-4-8-13(11)14/h1-9H. The van der Waals surface area contributed by atoms with Gasteiger partial charge in [-0.15, -0.1) is 0 Å². The first-order valence-electron chi connectivity index (χ1n) is 6.80. The van der Waals surface area contributed by atoms with Crippen molar-refractivity contribution >= 4 is 21.5 Å². The summed E-state index contributed by atoms with van der Waals surface area (Å²) in [7, 11) is 0. The van der Waals surface area contributed by atoms with Gasteiger partial charge in [0.2, 0.25) is 0 Å². The first-order valence-corrected chi connectivity index (χ1v) is 6.80. The number of hydrogen-bond donors (Lipinski definition) is 0. The molecule has 0 aliphatic carbocycles. The number of benzene rings is 3. The van der Waals surface area contributed by atoms with E-state index < -0.39 is 34.4 Å². The molecular weight excluding hydrogens is 337 g/mol. The van der Waals surface area contributed by atoms with Gasteiger partial charge in [-0.2, -0.15) is 26.3 Å². The van der Waals surface area contributed by atoms with Gasteiger partial charge in [0.1, 0.15) is 0 Å². The molecule has 0 atom stereocenters. The molecule has 0 saturated heterocycles. The van der Waals surface area contributed by atoms with Crippen molar-refractivity contribution in [2.45, 2.75) is 18.0 Å². The summed E-state index contributed by atoms with van der Waals surface area (Å²) in [5.41, 5.74) is -6.89. The molecule has 0 spiro atoms. The molecular formula is C17H9F7. The van der Waals surface area contributed by atoms with Crippen LogP contribution in [0.15, 0.2) is 54.6 Å². The van der Waals surface area contributed by atoms with Crippen LogP contribution >= 0.6 is 0 Å². The predicted octanol–water partition coefficient (Wildman–Crippen LogP) is 6.28. The largest absolute Gasteiger partial charge is 0.435 e. The number of hydrogen-bond acceptors (Lipinski definition) is 0. The Hall–Kier alpha value is -2.31. The molecule has 24 heavy (non-hydrogen) atoms. The Morgan fingerprint density at radius 1 is 0.542 bits per heavy atom. The topological polar surface area (TPSA) is 0 Å². The van der Waals surface area contributed by atoms with Crippen molar-refractivity contribution in [3.63, 3.8) is 0 Å². The summed E-state index contributed by atoms with van der Waals surface area (Å²) in [4.78, 5) is 0. The molecule has 0 aromatic heterocycles. The third kappa shape index (κ3) is 2.22. The predicted molar refractivity (Wildman–Crippen MR) is 76.4 cm³/mol. The number of halogens is 7. The Labute approximate surface area is 131 Å². The van der Waals surface area contributed by atoms with Crippen molar-refractivity contribution in [1.29, 1.82) is 0 Å². The van der Waals surface area contributed by atoms with Crippen molar-refractivity contribution in [2.24, 2.45) is 0 Å². The van der Waals surface area contributed by atoms with Gasteiger partial charge in [-0.05, 0) is 27.6 Å². The monoisotopic (exact) mass is 346 g/mol. The molecule has 7 heteroatoms. The average molecular weight is 346 g/mol. The fourth-order valence-electron chi connectivity index (χ4n) is 2.83. The molecule has 0 unspecified atom stereocenters. The molecule has 0 aliphatic rings. The zero-order chi connectivity index (χ0) is 17.8. The van der Waals surface area contributed by atoms with Crippen LogP contribution in [0, 0.1) is 0 Å². The summed E-state index contributed by atoms with van der Waals surface area (Å²) >= 11 is 0. The molecule has 0 heterocycles. The molecule has 126 valence electrons. The van der Waals surface area contributed by atoms with E-state index in [4.69, 9.17) is 0 Å². The summed E-state index contributed by atoms with van der Waals surface area (Å²) in [5, 5.41) is -0.648. The van der Waals surface area contributed by atoms with E-state index in [0.717, 1.165) is 12.1 Å². The van der Waals surface area contributed by atoms with Crippen LogP contribution in [-0.2, 0) is 5.67 Å².